The van der Waals surface area contributed by atoms with Gasteiger partial charge in [-0.3, -0.25) is 0 Å². The summed E-state index contributed by atoms with van der Waals surface area (Å²) >= 11 is 0. The number of hydrogen-bond donors (Lipinski definition) is 0. The van der Waals surface area contributed by atoms with Crippen molar-refractivity contribution in [1.29, 1.82) is 0 Å². The van der Waals surface area contributed by atoms with Crippen LogP contribution >= 0.6 is 0 Å². The lowest BCUT2D eigenvalue weighted by Crippen LogP contribution is -2.44. The molecule has 0 amide bonds. The molecule has 0 spiro atoms. The number of halogens is 6. The van der Waals surface area contributed by atoms with Gasteiger partial charge in [0.2, 0.25) is 0 Å². The van der Waals surface area contributed by atoms with Gasteiger partial charge < -0.3 is 4.18 Å². The summed E-state index contributed by atoms with van der Waals surface area (Å²) < 4.78 is 108. The van der Waals surface area contributed by atoms with E-state index >= 15 is 0 Å². The van der Waals surface area contributed by atoms with Gasteiger partial charge in [0.15, 0.2) is 0 Å². The fraction of sp³-hybridized carbons (Fsp3) is 0.294. The number of hydrogen-bond acceptors (Lipinski definition) is 3. The molecule has 2 aromatic rings. The minimum absolute atomic E-state index is 0.206. The first-order valence-corrected chi connectivity index (χ1v) is 8.86. The first-order valence-electron chi connectivity index (χ1n) is 7.45. The van der Waals surface area contributed by atoms with E-state index in [2.05, 4.69) is 0 Å². The largest absolute Gasteiger partial charge is 0.378 e. The van der Waals surface area contributed by atoms with Crippen LogP contribution in [-0.2, 0) is 16.0 Å². The smallest absolute Gasteiger partial charge is 0.373 e. The Labute approximate surface area is 151 Å². The molecule has 0 saturated heterocycles. The lowest BCUT2D eigenvalue weighted by Gasteiger charge is -2.27. The number of benzene rings is 2. The van der Waals surface area contributed by atoms with Crippen LogP contribution in [0.4, 0.5) is 26.3 Å². The minimum atomic E-state index is -5.59. The van der Waals surface area contributed by atoms with Crippen molar-refractivity contribution in [2.75, 3.05) is 0 Å². The number of rotatable bonds is 6. The van der Waals surface area contributed by atoms with Gasteiger partial charge in [0.25, 0.3) is 0 Å². The molecule has 0 atom stereocenters. The highest BCUT2D eigenvalue weighted by molar-refractivity contribution is 7.87. The molecule has 10 heteroatoms. The second-order valence-corrected chi connectivity index (χ2v) is 7.33. The van der Waals surface area contributed by atoms with Crippen LogP contribution in [0.1, 0.15) is 16.7 Å². The summed E-state index contributed by atoms with van der Waals surface area (Å²) in [6.07, 6.45) is -4.58. The normalized spacial score (nSPS) is 13.1. The van der Waals surface area contributed by atoms with Gasteiger partial charge in [-0.1, -0.05) is 18.2 Å². The van der Waals surface area contributed by atoms with Crippen molar-refractivity contribution in [3.8, 4) is 5.75 Å². The van der Waals surface area contributed by atoms with Crippen LogP contribution in [0.15, 0.2) is 47.4 Å². The maximum Gasteiger partial charge on any atom is 0.373 e. The van der Waals surface area contributed by atoms with E-state index in [1.165, 1.54) is 24.3 Å². The summed E-state index contributed by atoms with van der Waals surface area (Å²) in [7, 11) is -4.30. The van der Waals surface area contributed by atoms with Gasteiger partial charge >= 0.3 is 28.4 Å². The molecular weight excluding hydrogens is 398 g/mol. The highest BCUT2D eigenvalue weighted by Crippen LogP contribution is 2.47. The topological polar surface area (TPSA) is 43.4 Å². The minimum Gasteiger partial charge on any atom is -0.378 e. The summed E-state index contributed by atoms with van der Waals surface area (Å²) in [4.78, 5) is -0.206. The molecular formula is C17H14F6O3S. The van der Waals surface area contributed by atoms with Crippen molar-refractivity contribution in [3.63, 3.8) is 0 Å². The SMILES string of the molecule is Cc1cc(C(F)(F)C(F)(F)C(F)F)cc(C)c1OS(=O)(=O)c1ccccc1. The van der Waals surface area contributed by atoms with E-state index in [1.54, 1.807) is 6.07 Å². The first-order chi connectivity index (χ1) is 12.3. The molecule has 0 aliphatic carbocycles. The third kappa shape index (κ3) is 3.90. The van der Waals surface area contributed by atoms with Crippen molar-refractivity contribution in [3.05, 3.63) is 59.2 Å². The van der Waals surface area contributed by atoms with Crippen LogP contribution in [0.25, 0.3) is 0 Å². The molecule has 0 unspecified atom stereocenters. The predicted octanol–water partition coefficient (Wildman–Crippen LogP) is 5.06. The van der Waals surface area contributed by atoms with Crippen LogP contribution < -0.4 is 4.18 Å². The van der Waals surface area contributed by atoms with E-state index in [9.17, 15) is 34.8 Å². The molecule has 0 radical (unpaired) electrons. The molecule has 0 bridgehead atoms. The fourth-order valence-corrected chi connectivity index (χ4v) is 3.41. The van der Waals surface area contributed by atoms with Crippen LogP contribution in [0.3, 0.4) is 0 Å². The maximum atomic E-state index is 13.9. The Morgan fingerprint density at radius 1 is 0.926 bits per heavy atom. The van der Waals surface area contributed by atoms with Gasteiger partial charge in [0.05, 0.1) is 0 Å². The summed E-state index contributed by atoms with van der Waals surface area (Å²) in [6.45, 7) is 2.28. The summed E-state index contributed by atoms with van der Waals surface area (Å²) in [5, 5.41) is 0. The van der Waals surface area contributed by atoms with Gasteiger partial charge in [-0.25, -0.2) is 8.78 Å². The van der Waals surface area contributed by atoms with Gasteiger partial charge in [0.1, 0.15) is 10.6 Å². The van der Waals surface area contributed by atoms with Gasteiger partial charge in [-0.05, 0) is 49.2 Å². The van der Waals surface area contributed by atoms with E-state index in [4.69, 9.17) is 4.18 Å². The molecule has 27 heavy (non-hydrogen) atoms. The Morgan fingerprint density at radius 3 is 1.85 bits per heavy atom. The summed E-state index contributed by atoms with van der Waals surface area (Å²) in [5.41, 5.74) is -1.82. The van der Waals surface area contributed by atoms with E-state index in [-0.39, 0.29) is 21.8 Å². The molecule has 0 N–H and O–H groups in total. The highest BCUT2D eigenvalue weighted by atomic mass is 32.2. The molecule has 0 fully saturated rings. The standard InChI is InChI=1S/C17H14F6O3S/c1-10-8-12(16(20,21)17(22,23)15(18)19)9-11(2)14(10)26-27(24,25)13-6-4-3-5-7-13/h3-9,15H,1-2H3. The summed E-state index contributed by atoms with van der Waals surface area (Å²) in [6, 6.07) is 7.92. The third-order valence-electron chi connectivity index (χ3n) is 3.74. The first kappa shape index (κ1) is 21.1. The van der Waals surface area contributed by atoms with Gasteiger partial charge in [-0.2, -0.15) is 26.0 Å². The molecule has 2 rings (SSSR count). The Balaban J connectivity index is 2.47. The molecule has 0 aromatic heterocycles. The van der Waals surface area contributed by atoms with Crippen LogP contribution in [0.2, 0.25) is 0 Å². The number of aryl methyl sites for hydroxylation is 2. The second kappa shape index (κ2) is 7.06. The third-order valence-corrected chi connectivity index (χ3v) is 4.98. The Bertz CT molecular complexity index is 904. The van der Waals surface area contributed by atoms with Crippen molar-refractivity contribution in [2.45, 2.75) is 37.0 Å². The highest BCUT2D eigenvalue weighted by Gasteiger charge is 2.63. The lowest BCUT2D eigenvalue weighted by molar-refractivity contribution is -0.270. The van der Waals surface area contributed by atoms with Crippen molar-refractivity contribution >= 4 is 10.1 Å². The molecule has 2 aromatic carbocycles. The number of alkyl halides is 6. The second-order valence-electron chi connectivity index (χ2n) is 5.79. The van der Waals surface area contributed by atoms with Crippen molar-refractivity contribution < 1.29 is 38.9 Å². The van der Waals surface area contributed by atoms with Gasteiger partial charge in [-0.15, -0.1) is 0 Å². The van der Waals surface area contributed by atoms with E-state index in [0.717, 1.165) is 13.8 Å². The van der Waals surface area contributed by atoms with E-state index in [0.29, 0.717) is 12.1 Å². The predicted molar refractivity (Wildman–Crippen MR) is 85.0 cm³/mol. The van der Waals surface area contributed by atoms with E-state index < -0.39 is 34.0 Å². The van der Waals surface area contributed by atoms with E-state index in [1.807, 2.05) is 0 Å². The van der Waals surface area contributed by atoms with Gasteiger partial charge in [0, 0.05) is 5.56 Å². The summed E-state index contributed by atoms with van der Waals surface area (Å²) in [5.74, 6) is -11.1. The zero-order valence-electron chi connectivity index (χ0n) is 14.0. The maximum absolute atomic E-state index is 13.9. The van der Waals surface area contributed by atoms with Crippen LogP contribution in [0.5, 0.6) is 5.75 Å². The van der Waals surface area contributed by atoms with Crippen LogP contribution in [0, 0.1) is 13.8 Å². The Hall–Kier alpha value is -2.23. The molecule has 0 aliphatic heterocycles. The van der Waals surface area contributed by atoms with Crippen molar-refractivity contribution in [1.82, 2.24) is 0 Å². The monoisotopic (exact) mass is 412 g/mol. The zero-order chi connectivity index (χ0) is 20.6. The lowest BCUT2D eigenvalue weighted by atomic mass is 9.97. The quantitative estimate of drug-likeness (QED) is 0.492. The molecule has 3 nitrogen and oxygen atoms in total. The van der Waals surface area contributed by atoms with Crippen LogP contribution in [-0.4, -0.2) is 20.8 Å². The fourth-order valence-electron chi connectivity index (χ4n) is 2.34. The Morgan fingerprint density at radius 2 is 1.41 bits per heavy atom. The molecule has 0 heterocycles. The average Bonchev–Trinajstić information content (AvgIpc) is 2.58. The van der Waals surface area contributed by atoms with Crippen molar-refractivity contribution in [2.24, 2.45) is 0 Å². The molecule has 148 valence electrons. The molecule has 0 saturated carbocycles. The Kier molecular flexibility index (Phi) is 5.51. The average molecular weight is 412 g/mol. The molecule has 0 aliphatic rings. The zero-order valence-corrected chi connectivity index (χ0v) is 14.8.